The molecule has 5 heteroatoms. The van der Waals surface area contributed by atoms with Gasteiger partial charge in [-0.2, -0.15) is 0 Å². The number of aromatic nitrogens is 2. The van der Waals surface area contributed by atoms with Crippen LogP contribution in [0.25, 0.3) is 0 Å². The molecule has 0 amide bonds. The van der Waals surface area contributed by atoms with E-state index >= 15 is 0 Å². The van der Waals surface area contributed by atoms with Crippen LogP contribution < -0.4 is 0 Å². The van der Waals surface area contributed by atoms with Gasteiger partial charge in [0, 0.05) is 0 Å². The molecule has 1 heterocycles. The summed E-state index contributed by atoms with van der Waals surface area (Å²) in [6.45, 7) is 0.816. The predicted octanol–water partition coefficient (Wildman–Crippen LogP) is 2.63. The Morgan fingerprint density at radius 3 is 2.82 bits per heavy atom. The zero-order valence-electron chi connectivity index (χ0n) is 9.04. The molecule has 1 aromatic carbocycles. The predicted molar refractivity (Wildman–Crippen MR) is 66.5 cm³/mol. The summed E-state index contributed by atoms with van der Waals surface area (Å²) in [6.07, 6.45) is 2.32. The van der Waals surface area contributed by atoms with Crippen LogP contribution in [0.3, 0.4) is 0 Å². The Hall–Kier alpha value is -1.46. The van der Waals surface area contributed by atoms with Gasteiger partial charge in [0.1, 0.15) is 17.0 Å². The normalized spacial score (nSPS) is 10.4. The van der Waals surface area contributed by atoms with Gasteiger partial charge < -0.3 is 9.30 Å². The van der Waals surface area contributed by atoms with Gasteiger partial charge in [-0.05, 0) is 21.5 Å². The summed E-state index contributed by atoms with van der Waals surface area (Å²) in [6, 6.07) is 9.86. The Morgan fingerprint density at radius 2 is 2.12 bits per heavy atom. The van der Waals surface area contributed by atoms with E-state index in [4.69, 9.17) is 4.74 Å². The third kappa shape index (κ3) is 3.01. The second kappa shape index (κ2) is 5.75. The van der Waals surface area contributed by atoms with Crippen molar-refractivity contribution in [2.75, 3.05) is 0 Å². The van der Waals surface area contributed by atoms with Gasteiger partial charge in [0.25, 0.3) is 0 Å². The molecule has 0 radical (unpaired) electrons. The highest BCUT2D eigenvalue weighted by atomic mass is 79.9. The number of halogens is 1. The number of hydrogen-bond donors (Lipinski definition) is 0. The molecule has 88 valence electrons. The van der Waals surface area contributed by atoms with Gasteiger partial charge in [-0.1, -0.05) is 30.3 Å². The van der Waals surface area contributed by atoms with E-state index < -0.39 is 0 Å². The number of nitrogens with zero attached hydrogens (tertiary/aromatic N) is 2. The van der Waals surface area contributed by atoms with E-state index in [1.807, 2.05) is 30.3 Å². The maximum atomic E-state index is 10.8. The molecular formula is C12H11BrN2O2. The minimum atomic E-state index is 0.307. The van der Waals surface area contributed by atoms with E-state index in [1.165, 1.54) is 0 Å². The Labute approximate surface area is 107 Å². The van der Waals surface area contributed by atoms with Crippen molar-refractivity contribution >= 4 is 22.2 Å². The van der Waals surface area contributed by atoms with Crippen LogP contribution in [0, 0.1) is 0 Å². The van der Waals surface area contributed by atoms with Crippen molar-refractivity contribution in [2.45, 2.75) is 13.3 Å². The first-order valence-electron chi connectivity index (χ1n) is 5.08. The van der Waals surface area contributed by atoms with Gasteiger partial charge in [0.05, 0.1) is 12.9 Å². The van der Waals surface area contributed by atoms with Crippen molar-refractivity contribution in [3.05, 3.63) is 52.5 Å². The summed E-state index contributed by atoms with van der Waals surface area (Å²) in [5.41, 5.74) is 1.58. The molecule has 4 nitrogen and oxygen atoms in total. The van der Waals surface area contributed by atoms with Gasteiger partial charge in [0.15, 0.2) is 6.29 Å². The number of hydrogen-bond acceptors (Lipinski definition) is 3. The van der Waals surface area contributed by atoms with Crippen molar-refractivity contribution in [3.8, 4) is 0 Å². The lowest BCUT2D eigenvalue weighted by Crippen LogP contribution is -2.05. The maximum Gasteiger partial charge on any atom is 0.169 e. The fourth-order valence-electron chi connectivity index (χ4n) is 1.42. The standard InChI is InChI=1S/C12H11BrN2O2/c13-12-11(6-16)15(8-14-12)9-17-7-10-4-2-1-3-5-10/h1-6,8H,7,9H2. The minimum Gasteiger partial charge on any atom is -0.356 e. The van der Waals surface area contributed by atoms with Crippen molar-refractivity contribution in [2.24, 2.45) is 0 Å². The fourth-order valence-corrected chi connectivity index (χ4v) is 1.84. The Balaban J connectivity index is 1.92. The average molecular weight is 295 g/mol. The Bertz CT molecular complexity index is 496. The van der Waals surface area contributed by atoms with E-state index in [-0.39, 0.29) is 0 Å². The molecule has 17 heavy (non-hydrogen) atoms. The largest absolute Gasteiger partial charge is 0.356 e. The SMILES string of the molecule is O=Cc1c(Br)ncn1COCc1ccccc1. The zero-order valence-corrected chi connectivity index (χ0v) is 10.6. The summed E-state index contributed by atoms with van der Waals surface area (Å²) in [5, 5.41) is 0. The van der Waals surface area contributed by atoms with E-state index in [2.05, 4.69) is 20.9 Å². The molecule has 0 aliphatic carbocycles. The molecule has 0 fully saturated rings. The first-order valence-corrected chi connectivity index (χ1v) is 5.88. The molecule has 0 atom stereocenters. The summed E-state index contributed by atoms with van der Waals surface area (Å²) in [4.78, 5) is 14.8. The lowest BCUT2D eigenvalue weighted by molar-refractivity contribution is 0.0619. The molecule has 0 aliphatic heterocycles. The molecule has 0 saturated carbocycles. The number of benzene rings is 1. The lowest BCUT2D eigenvalue weighted by Gasteiger charge is -2.06. The van der Waals surface area contributed by atoms with Crippen LogP contribution in [-0.4, -0.2) is 15.8 Å². The summed E-state index contributed by atoms with van der Waals surface area (Å²) >= 11 is 3.20. The van der Waals surface area contributed by atoms with Gasteiger partial charge in [-0.3, -0.25) is 4.79 Å². The molecule has 0 unspecified atom stereocenters. The summed E-state index contributed by atoms with van der Waals surface area (Å²) in [5.74, 6) is 0. The highest BCUT2D eigenvalue weighted by Crippen LogP contribution is 2.12. The maximum absolute atomic E-state index is 10.8. The molecule has 0 bridgehead atoms. The average Bonchev–Trinajstić information content (AvgIpc) is 2.71. The quantitative estimate of drug-likeness (QED) is 0.796. The van der Waals surface area contributed by atoms with Crippen molar-refractivity contribution in [3.63, 3.8) is 0 Å². The summed E-state index contributed by atoms with van der Waals surface area (Å²) < 4.78 is 7.70. The minimum absolute atomic E-state index is 0.307. The first kappa shape index (κ1) is 12.0. The highest BCUT2D eigenvalue weighted by Gasteiger charge is 2.06. The van der Waals surface area contributed by atoms with Crippen LogP contribution in [0.5, 0.6) is 0 Å². The lowest BCUT2D eigenvalue weighted by atomic mass is 10.2. The fraction of sp³-hybridized carbons (Fsp3) is 0.167. The number of imidazole rings is 1. The third-order valence-electron chi connectivity index (χ3n) is 2.28. The van der Waals surface area contributed by atoms with E-state index in [0.717, 1.165) is 11.8 Å². The van der Waals surface area contributed by atoms with E-state index in [0.29, 0.717) is 23.6 Å². The highest BCUT2D eigenvalue weighted by molar-refractivity contribution is 9.10. The molecular weight excluding hydrogens is 284 g/mol. The molecule has 0 aliphatic rings. The van der Waals surface area contributed by atoms with Crippen molar-refractivity contribution in [1.82, 2.24) is 9.55 Å². The molecule has 0 N–H and O–H groups in total. The molecule has 2 rings (SSSR count). The van der Waals surface area contributed by atoms with Crippen LogP contribution in [0.1, 0.15) is 16.1 Å². The van der Waals surface area contributed by atoms with Crippen LogP contribution in [0.15, 0.2) is 41.3 Å². The van der Waals surface area contributed by atoms with Crippen LogP contribution >= 0.6 is 15.9 Å². The van der Waals surface area contributed by atoms with E-state index in [1.54, 1.807) is 10.9 Å². The number of aldehydes is 1. The van der Waals surface area contributed by atoms with Gasteiger partial charge in [-0.15, -0.1) is 0 Å². The molecule has 1 aromatic heterocycles. The third-order valence-corrected chi connectivity index (χ3v) is 2.90. The zero-order chi connectivity index (χ0) is 12.1. The van der Waals surface area contributed by atoms with Crippen molar-refractivity contribution in [1.29, 1.82) is 0 Å². The Kier molecular flexibility index (Phi) is 4.06. The van der Waals surface area contributed by atoms with E-state index in [9.17, 15) is 4.79 Å². The van der Waals surface area contributed by atoms with Crippen LogP contribution in [-0.2, 0) is 18.1 Å². The van der Waals surface area contributed by atoms with Gasteiger partial charge in [0.2, 0.25) is 0 Å². The van der Waals surface area contributed by atoms with Gasteiger partial charge >= 0.3 is 0 Å². The second-order valence-electron chi connectivity index (χ2n) is 3.47. The number of carbonyl (C=O) groups is 1. The second-order valence-corrected chi connectivity index (χ2v) is 4.22. The summed E-state index contributed by atoms with van der Waals surface area (Å²) in [7, 11) is 0. The number of ether oxygens (including phenoxy) is 1. The smallest absolute Gasteiger partial charge is 0.169 e. The monoisotopic (exact) mass is 294 g/mol. The first-order chi connectivity index (χ1) is 8.31. The van der Waals surface area contributed by atoms with Crippen molar-refractivity contribution < 1.29 is 9.53 Å². The number of carbonyl (C=O) groups excluding carboxylic acids is 1. The molecule has 0 saturated heterocycles. The van der Waals surface area contributed by atoms with Gasteiger partial charge in [-0.25, -0.2) is 4.98 Å². The number of rotatable bonds is 5. The topological polar surface area (TPSA) is 44.1 Å². The van der Waals surface area contributed by atoms with Crippen LogP contribution in [0.4, 0.5) is 0 Å². The Morgan fingerprint density at radius 1 is 1.35 bits per heavy atom. The molecule has 0 spiro atoms. The van der Waals surface area contributed by atoms with Crippen LogP contribution in [0.2, 0.25) is 0 Å². The molecule has 2 aromatic rings.